The predicted molar refractivity (Wildman–Crippen MR) is 119 cm³/mol. The summed E-state index contributed by atoms with van der Waals surface area (Å²) in [5.41, 5.74) is 1.47. The van der Waals surface area contributed by atoms with Gasteiger partial charge in [-0.2, -0.15) is 0 Å². The highest BCUT2D eigenvalue weighted by molar-refractivity contribution is 5.85. The molecule has 1 unspecified atom stereocenters. The van der Waals surface area contributed by atoms with E-state index in [0.29, 0.717) is 19.4 Å². The van der Waals surface area contributed by atoms with Crippen LogP contribution in [0.4, 0.5) is 0 Å². The highest BCUT2D eigenvalue weighted by Gasteiger charge is 2.41. The minimum Gasteiger partial charge on any atom is -0.378 e. The number of amides is 2. The molecule has 3 aliphatic rings. The second-order valence-corrected chi connectivity index (χ2v) is 8.86. The Kier molecular flexibility index (Phi) is 8.14. The van der Waals surface area contributed by atoms with Crippen molar-refractivity contribution >= 4 is 24.2 Å². The molecular formula is C23H34ClN3O3. The molecule has 166 valence electrons. The van der Waals surface area contributed by atoms with Crippen LogP contribution in [0.15, 0.2) is 30.3 Å². The lowest BCUT2D eigenvalue weighted by Crippen LogP contribution is -2.53. The molecule has 0 aliphatic carbocycles. The summed E-state index contributed by atoms with van der Waals surface area (Å²) in [6, 6.07) is 10.5. The second kappa shape index (κ2) is 10.6. The number of carbonyl (C=O) groups excluding carboxylic acids is 2. The number of nitrogens with zero attached hydrogens (tertiary/aromatic N) is 2. The van der Waals surface area contributed by atoms with E-state index in [1.165, 1.54) is 5.56 Å². The molecule has 30 heavy (non-hydrogen) atoms. The molecule has 4 rings (SSSR count). The summed E-state index contributed by atoms with van der Waals surface area (Å²) in [6.07, 6.45) is 5.04. The average Bonchev–Trinajstić information content (AvgIpc) is 2.76. The maximum atomic E-state index is 12.7. The molecule has 3 aliphatic heterocycles. The number of hydrogen-bond acceptors (Lipinski definition) is 4. The van der Waals surface area contributed by atoms with Gasteiger partial charge in [0.1, 0.15) is 0 Å². The van der Waals surface area contributed by atoms with Gasteiger partial charge in [0.2, 0.25) is 11.8 Å². The van der Waals surface area contributed by atoms with Crippen LogP contribution in [0, 0.1) is 5.41 Å². The topological polar surface area (TPSA) is 61.9 Å². The molecule has 0 radical (unpaired) electrons. The van der Waals surface area contributed by atoms with Gasteiger partial charge in [-0.05, 0) is 36.7 Å². The summed E-state index contributed by atoms with van der Waals surface area (Å²) < 4.78 is 5.47. The van der Waals surface area contributed by atoms with Crippen molar-refractivity contribution in [2.75, 3.05) is 45.9 Å². The van der Waals surface area contributed by atoms with Crippen LogP contribution in [-0.4, -0.2) is 73.6 Å². The first-order valence-electron chi connectivity index (χ1n) is 11.0. The molecule has 3 heterocycles. The fourth-order valence-electron chi connectivity index (χ4n) is 4.94. The van der Waals surface area contributed by atoms with Crippen LogP contribution in [0.25, 0.3) is 0 Å². The number of carbonyl (C=O) groups is 2. The molecule has 1 spiro atoms. The Labute approximate surface area is 185 Å². The van der Waals surface area contributed by atoms with Gasteiger partial charge in [0.05, 0.1) is 13.2 Å². The van der Waals surface area contributed by atoms with Gasteiger partial charge in [0, 0.05) is 51.6 Å². The maximum Gasteiger partial charge on any atom is 0.224 e. The largest absolute Gasteiger partial charge is 0.378 e. The maximum absolute atomic E-state index is 12.7. The van der Waals surface area contributed by atoms with E-state index in [9.17, 15) is 9.59 Å². The number of halogens is 1. The zero-order chi connectivity index (χ0) is 20.1. The number of hydrogen-bond donors (Lipinski definition) is 1. The van der Waals surface area contributed by atoms with Crippen molar-refractivity contribution in [3.63, 3.8) is 0 Å². The number of ether oxygens (including phenoxy) is 1. The molecule has 0 saturated carbocycles. The Balaban J connectivity index is 0.00000256. The van der Waals surface area contributed by atoms with E-state index in [4.69, 9.17) is 4.74 Å². The van der Waals surface area contributed by atoms with Gasteiger partial charge >= 0.3 is 0 Å². The van der Waals surface area contributed by atoms with Crippen LogP contribution < -0.4 is 5.32 Å². The third kappa shape index (κ3) is 5.74. The smallest absolute Gasteiger partial charge is 0.224 e. The number of benzene rings is 1. The third-order valence-electron chi connectivity index (χ3n) is 6.86. The van der Waals surface area contributed by atoms with E-state index in [-0.39, 0.29) is 35.7 Å². The van der Waals surface area contributed by atoms with Crippen LogP contribution in [-0.2, 0) is 20.7 Å². The lowest BCUT2D eigenvalue weighted by atomic mass is 9.72. The standard InChI is InChI=1S/C23H33N3O3.ClH/c27-21-6-8-23(18-26(21)12-7-19-4-2-1-3-5-19)9-13-25(14-10-23)22(28)16-20-17-29-15-11-24-20;/h1-5,20,24H,6-18H2;1H. The summed E-state index contributed by atoms with van der Waals surface area (Å²) >= 11 is 0. The van der Waals surface area contributed by atoms with Gasteiger partial charge in [0.25, 0.3) is 0 Å². The minimum atomic E-state index is 0. The second-order valence-electron chi connectivity index (χ2n) is 8.86. The van der Waals surface area contributed by atoms with E-state index in [1.54, 1.807) is 0 Å². The number of rotatable bonds is 5. The van der Waals surface area contributed by atoms with Gasteiger partial charge in [-0.1, -0.05) is 30.3 Å². The fraction of sp³-hybridized carbons (Fsp3) is 0.652. The molecule has 0 bridgehead atoms. The van der Waals surface area contributed by atoms with Gasteiger partial charge in [-0.15, -0.1) is 12.4 Å². The zero-order valence-corrected chi connectivity index (χ0v) is 18.5. The number of nitrogens with one attached hydrogen (secondary N) is 1. The summed E-state index contributed by atoms with van der Waals surface area (Å²) in [4.78, 5) is 29.2. The SMILES string of the molecule is Cl.O=C(CC1COCCN1)N1CCC2(CCC(=O)N(CCc3ccccc3)C2)CC1. The Bertz CT molecular complexity index is 701. The first kappa shape index (κ1) is 23.0. The van der Waals surface area contributed by atoms with Gasteiger partial charge in [-0.25, -0.2) is 0 Å². The highest BCUT2D eigenvalue weighted by atomic mass is 35.5. The Hall–Kier alpha value is -1.63. The van der Waals surface area contributed by atoms with Crippen molar-refractivity contribution in [1.29, 1.82) is 0 Å². The lowest BCUT2D eigenvalue weighted by molar-refractivity contribution is -0.142. The van der Waals surface area contributed by atoms with Gasteiger partial charge in [-0.3, -0.25) is 9.59 Å². The molecule has 3 saturated heterocycles. The molecule has 2 amide bonds. The van der Waals surface area contributed by atoms with Crippen molar-refractivity contribution in [2.24, 2.45) is 5.41 Å². The van der Waals surface area contributed by atoms with E-state index in [1.807, 2.05) is 11.0 Å². The van der Waals surface area contributed by atoms with Crippen molar-refractivity contribution < 1.29 is 14.3 Å². The van der Waals surface area contributed by atoms with Crippen LogP contribution in [0.1, 0.15) is 37.7 Å². The Morgan fingerprint density at radius 1 is 1.17 bits per heavy atom. The first-order valence-corrected chi connectivity index (χ1v) is 11.0. The molecular weight excluding hydrogens is 402 g/mol. The van der Waals surface area contributed by atoms with Crippen LogP contribution in [0.5, 0.6) is 0 Å². The highest BCUT2D eigenvalue weighted by Crippen LogP contribution is 2.40. The molecule has 1 aromatic carbocycles. The monoisotopic (exact) mass is 435 g/mol. The lowest BCUT2D eigenvalue weighted by Gasteiger charge is -2.47. The van der Waals surface area contributed by atoms with Crippen molar-refractivity contribution in [3.05, 3.63) is 35.9 Å². The summed E-state index contributed by atoms with van der Waals surface area (Å²) in [5, 5.41) is 3.37. The third-order valence-corrected chi connectivity index (χ3v) is 6.86. The van der Waals surface area contributed by atoms with Crippen molar-refractivity contribution in [3.8, 4) is 0 Å². The molecule has 7 heteroatoms. The molecule has 1 N–H and O–H groups in total. The van der Waals surface area contributed by atoms with Crippen LogP contribution in [0.3, 0.4) is 0 Å². The molecule has 0 aromatic heterocycles. The van der Waals surface area contributed by atoms with E-state index >= 15 is 0 Å². The average molecular weight is 436 g/mol. The summed E-state index contributed by atoms with van der Waals surface area (Å²) in [7, 11) is 0. The minimum absolute atomic E-state index is 0. The normalized spacial score (nSPS) is 23.9. The quantitative estimate of drug-likeness (QED) is 0.770. The number of piperidine rings is 2. The van der Waals surface area contributed by atoms with Gasteiger partial charge < -0.3 is 19.9 Å². The van der Waals surface area contributed by atoms with Crippen molar-refractivity contribution in [1.82, 2.24) is 15.1 Å². The summed E-state index contributed by atoms with van der Waals surface area (Å²) in [5.74, 6) is 0.518. The van der Waals surface area contributed by atoms with Crippen LogP contribution >= 0.6 is 12.4 Å². The first-order chi connectivity index (χ1) is 14.1. The van der Waals surface area contributed by atoms with E-state index < -0.39 is 0 Å². The Morgan fingerprint density at radius 2 is 1.93 bits per heavy atom. The molecule has 1 atom stereocenters. The number of morpholine rings is 1. The molecule has 6 nitrogen and oxygen atoms in total. The fourth-order valence-corrected chi connectivity index (χ4v) is 4.94. The van der Waals surface area contributed by atoms with Crippen LogP contribution in [0.2, 0.25) is 0 Å². The molecule has 3 fully saturated rings. The number of likely N-dealkylation sites (tertiary alicyclic amines) is 2. The predicted octanol–water partition coefficient (Wildman–Crippen LogP) is 2.26. The van der Waals surface area contributed by atoms with Crippen molar-refractivity contribution in [2.45, 2.75) is 44.6 Å². The van der Waals surface area contributed by atoms with E-state index in [0.717, 1.165) is 65.0 Å². The van der Waals surface area contributed by atoms with Gasteiger partial charge in [0.15, 0.2) is 0 Å². The zero-order valence-electron chi connectivity index (χ0n) is 17.7. The van der Waals surface area contributed by atoms with E-state index in [2.05, 4.69) is 34.5 Å². The molecule has 1 aromatic rings. The Morgan fingerprint density at radius 3 is 2.63 bits per heavy atom. The summed E-state index contributed by atoms with van der Waals surface area (Å²) in [6.45, 7) is 5.45.